The minimum absolute atomic E-state index is 0.137. The highest BCUT2D eigenvalue weighted by atomic mass is 16.5. The Bertz CT molecular complexity index is 2720. The number of aromatic carboxylic acids is 1. The topological polar surface area (TPSA) is 326 Å². The van der Waals surface area contributed by atoms with E-state index in [1.54, 1.807) is 85.5 Å². The summed E-state index contributed by atoms with van der Waals surface area (Å²) in [7, 11) is 9.15. The number of nitrogens with two attached hydrogens (primary N) is 3. The van der Waals surface area contributed by atoms with E-state index in [0.29, 0.717) is 62.8 Å². The maximum Gasteiger partial charge on any atom is 0.338 e. The van der Waals surface area contributed by atoms with Crippen LogP contribution in [0.5, 0.6) is 34.5 Å². The summed E-state index contributed by atoms with van der Waals surface area (Å²) < 4.78 is 37.5. The van der Waals surface area contributed by atoms with Gasteiger partial charge in [0.1, 0.15) is 12.7 Å². The lowest BCUT2D eigenvalue weighted by atomic mass is 10.2. The molecular formula is C43H45N15O10. The number of nitrogens with zero attached hydrogens (tertiary/aromatic N) is 10. The number of methoxy groups -OCH3 is 6. The minimum Gasteiger partial charge on any atom is -0.493 e. The lowest BCUT2D eigenvalue weighted by Gasteiger charge is -2.14. The number of hydrogen-bond donors (Lipinski definition) is 6. The molecule has 0 radical (unpaired) electrons. The molecule has 0 fully saturated rings. The van der Waals surface area contributed by atoms with Crippen molar-refractivity contribution < 1.29 is 47.9 Å². The van der Waals surface area contributed by atoms with Gasteiger partial charge < -0.3 is 61.4 Å². The Morgan fingerprint density at radius 1 is 0.559 bits per heavy atom. The van der Waals surface area contributed by atoms with Gasteiger partial charge in [-0.25, -0.2) is 19.6 Å². The number of amides is 1. The summed E-state index contributed by atoms with van der Waals surface area (Å²) in [5.74, 6) is 2.15. The molecule has 25 nitrogen and oxygen atoms in total. The zero-order valence-corrected chi connectivity index (χ0v) is 37.2. The van der Waals surface area contributed by atoms with Gasteiger partial charge in [0.25, 0.3) is 0 Å². The van der Waals surface area contributed by atoms with E-state index in [1.807, 2.05) is 0 Å². The second-order valence-corrected chi connectivity index (χ2v) is 13.5. The number of nitrogen functional groups attached to an aromatic ring is 2. The van der Waals surface area contributed by atoms with E-state index in [2.05, 4.69) is 40.8 Å². The zero-order valence-electron chi connectivity index (χ0n) is 37.2. The van der Waals surface area contributed by atoms with Crippen LogP contribution in [-0.2, 0) is 0 Å². The largest absolute Gasteiger partial charge is 0.493 e. The lowest BCUT2D eigenvalue weighted by molar-refractivity contribution is 0.0696. The van der Waals surface area contributed by atoms with Crippen molar-refractivity contribution in [3.8, 4) is 45.9 Å². The number of nitrogens with one attached hydrogen (secondary N) is 2. The molecule has 8 aromatic rings. The van der Waals surface area contributed by atoms with E-state index in [-0.39, 0.29) is 35.4 Å². The van der Waals surface area contributed by atoms with E-state index in [1.165, 1.54) is 85.9 Å². The van der Waals surface area contributed by atoms with Gasteiger partial charge in [-0.1, -0.05) is 0 Å². The van der Waals surface area contributed by atoms with Crippen LogP contribution in [0, 0.1) is 0 Å². The van der Waals surface area contributed by atoms with Gasteiger partial charge >= 0.3 is 12.0 Å². The van der Waals surface area contributed by atoms with Crippen molar-refractivity contribution >= 4 is 53.1 Å². The molecule has 0 spiro atoms. The lowest BCUT2D eigenvalue weighted by Crippen LogP contribution is -2.15. The molecule has 4 aromatic heterocycles. The average Bonchev–Trinajstić information content (AvgIpc) is 4.21. The molecule has 25 heteroatoms. The molecule has 352 valence electrons. The molecule has 68 heavy (non-hydrogen) atoms. The number of carboxylic acids is 1. The fourth-order valence-electron chi connectivity index (χ4n) is 6.09. The number of hydrogen-bond acceptors (Lipinski definition) is 19. The molecule has 4 heterocycles. The average molecular weight is 932 g/mol. The summed E-state index contributed by atoms with van der Waals surface area (Å²) in [6.07, 6.45) is 9.17. The molecule has 4 aromatic carbocycles. The molecule has 0 bridgehead atoms. The summed E-state index contributed by atoms with van der Waals surface area (Å²) in [4.78, 5) is 49.5. The Hall–Kier alpha value is -9.81. The molecule has 0 unspecified atom stereocenters. The Morgan fingerprint density at radius 3 is 1.22 bits per heavy atom. The Morgan fingerprint density at radius 2 is 0.926 bits per heavy atom. The van der Waals surface area contributed by atoms with Crippen molar-refractivity contribution in [2.24, 2.45) is 5.73 Å². The van der Waals surface area contributed by atoms with Crippen LogP contribution in [-0.4, -0.2) is 114 Å². The van der Waals surface area contributed by atoms with Crippen molar-refractivity contribution in [3.63, 3.8) is 0 Å². The van der Waals surface area contributed by atoms with Gasteiger partial charge in [0.15, 0.2) is 23.0 Å². The van der Waals surface area contributed by atoms with Gasteiger partial charge in [-0.2, -0.15) is 19.3 Å². The molecule has 0 saturated heterocycles. The summed E-state index contributed by atoms with van der Waals surface area (Å²) in [5, 5.41) is 23.7. The number of primary amides is 1. The zero-order chi connectivity index (χ0) is 48.9. The second-order valence-electron chi connectivity index (χ2n) is 13.5. The van der Waals surface area contributed by atoms with Crippen molar-refractivity contribution in [1.82, 2.24) is 48.6 Å². The van der Waals surface area contributed by atoms with E-state index in [9.17, 15) is 14.4 Å². The van der Waals surface area contributed by atoms with Gasteiger partial charge in [0, 0.05) is 66.0 Å². The Labute approximate surface area is 386 Å². The number of carboxylic acid groups (broad SMARTS) is 1. The van der Waals surface area contributed by atoms with Crippen LogP contribution in [0.3, 0.4) is 0 Å². The van der Waals surface area contributed by atoms with Crippen molar-refractivity contribution in [1.29, 1.82) is 0 Å². The first-order chi connectivity index (χ1) is 32.8. The molecule has 0 saturated carbocycles. The van der Waals surface area contributed by atoms with Crippen LogP contribution in [0.25, 0.3) is 11.4 Å². The van der Waals surface area contributed by atoms with Crippen molar-refractivity contribution in [2.75, 3.05) is 64.8 Å². The first-order valence-corrected chi connectivity index (χ1v) is 19.6. The van der Waals surface area contributed by atoms with Crippen molar-refractivity contribution in [3.05, 3.63) is 121 Å². The highest BCUT2D eigenvalue weighted by Gasteiger charge is 2.18. The first-order valence-electron chi connectivity index (χ1n) is 19.6. The van der Waals surface area contributed by atoms with Crippen molar-refractivity contribution in [2.45, 2.75) is 0 Å². The number of imidazole rings is 2. The van der Waals surface area contributed by atoms with E-state index >= 15 is 0 Å². The number of carbonyl (C=O) groups excluding carboxylic acids is 2. The number of anilines is 6. The molecule has 0 aliphatic heterocycles. The minimum atomic E-state index is -1.01. The monoisotopic (exact) mass is 931 g/mol. The number of ether oxygens (including phenoxy) is 6. The maximum atomic E-state index is 11.4. The molecule has 0 aliphatic rings. The third-order valence-corrected chi connectivity index (χ3v) is 9.31. The number of aromatic nitrogens is 10. The van der Waals surface area contributed by atoms with E-state index in [0.717, 1.165) is 0 Å². The van der Waals surface area contributed by atoms with Gasteiger partial charge in [-0.15, -0.1) is 10.2 Å². The van der Waals surface area contributed by atoms with E-state index < -0.39 is 11.9 Å². The summed E-state index contributed by atoms with van der Waals surface area (Å²) in [6.45, 7) is 0. The summed E-state index contributed by atoms with van der Waals surface area (Å²) >= 11 is 0. The number of benzene rings is 4. The Kier molecular flexibility index (Phi) is 15.2. The molecule has 9 N–H and O–H groups in total. The highest BCUT2D eigenvalue weighted by Crippen LogP contribution is 2.41. The third kappa shape index (κ3) is 11.1. The second kappa shape index (κ2) is 21.7. The summed E-state index contributed by atoms with van der Waals surface area (Å²) in [6, 6.07) is 19.3. The van der Waals surface area contributed by atoms with Gasteiger partial charge in [0.05, 0.1) is 59.6 Å². The maximum absolute atomic E-state index is 11.4. The summed E-state index contributed by atoms with van der Waals surface area (Å²) in [5.41, 5.74) is 20.2. The fourth-order valence-corrected chi connectivity index (χ4v) is 6.09. The van der Waals surface area contributed by atoms with Gasteiger partial charge in [0.2, 0.25) is 41.2 Å². The van der Waals surface area contributed by atoms with Crippen LogP contribution in [0.4, 0.5) is 40.0 Å². The molecule has 1 amide bonds. The predicted octanol–water partition coefficient (Wildman–Crippen LogP) is 4.63. The molecule has 0 aliphatic carbocycles. The van der Waals surface area contributed by atoms with Crippen LogP contribution >= 0.6 is 0 Å². The van der Waals surface area contributed by atoms with Gasteiger partial charge in [-0.3, -0.25) is 13.9 Å². The Balaban J connectivity index is 0.000000181. The molecular weight excluding hydrogens is 887 g/mol. The number of carbonyl (C=O) groups is 3. The normalized spacial score (nSPS) is 10.3. The SMILES string of the molecule is COc1cc(Nc2nc(N)n(-c3ccc(C(=O)O)cc3)n2)cc(OC)c1OC.COc1cc(Nc2nc(N)n(-c3ccc(C(N)=O)cc3)n2)cc(OC)c1OC.O=C(n1ccnc1)n1ccnc1. The van der Waals surface area contributed by atoms with Crippen LogP contribution < -0.4 is 56.3 Å². The van der Waals surface area contributed by atoms with Crippen LogP contribution in [0.15, 0.2) is 110 Å². The molecule has 0 atom stereocenters. The van der Waals surface area contributed by atoms with E-state index in [4.69, 9.17) is 50.7 Å². The first kappa shape index (κ1) is 47.7. The smallest absolute Gasteiger partial charge is 0.338 e. The van der Waals surface area contributed by atoms with Crippen LogP contribution in [0.2, 0.25) is 0 Å². The third-order valence-electron chi connectivity index (χ3n) is 9.31. The highest BCUT2D eigenvalue weighted by molar-refractivity contribution is 5.93. The quantitative estimate of drug-likeness (QED) is 0.0865. The fraction of sp³-hybridized carbons (Fsp3) is 0.140. The number of rotatable bonds is 14. The van der Waals surface area contributed by atoms with Crippen LogP contribution in [0.1, 0.15) is 20.7 Å². The standard InChI is InChI=1S/C18H20N6O4.C18H19N5O5.C7H6N4O/c1-26-13-8-11(9-14(27-2)15(13)28-3)21-18-22-17(20)24(23-18)12-6-4-10(5-7-12)16(19)25;1-26-13-8-11(9-14(27-2)15(13)28-3)20-18-21-17(19)23(22-18)12-6-4-10(5-7-12)16(24)25;12-7(10-3-1-8-5-10)11-4-2-9-6-11/h4-9H,1-3H3,(H2,19,25)(H3,20,21,22,23);4-9H,1-3H3,(H,24,25)(H3,19,20,21,22);1-6H. The van der Waals surface area contributed by atoms with Gasteiger partial charge in [-0.05, 0) is 48.5 Å². The predicted molar refractivity (Wildman–Crippen MR) is 246 cm³/mol. The molecule has 8 rings (SSSR count).